The van der Waals surface area contributed by atoms with E-state index in [1.807, 2.05) is 0 Å². The van der Waals surface area contributed by atoms with E-state index < -0.39 is 11.6 Å². The first kappa shape index (κ1) is 9.19. The van der Waals surface area contributed by atoms with Crippen molar-refractivity contribution in [3.05, 3.63) is 0 Å². The predicted molar refractivity (Wildman–Crippen MR) is 40.9 cm³/mol. The molecule has 12 heavy (non-hydrogen) atoms. The lowest BCUT2D eigenvalue weighted by Crippen LogP contribution is -2.44. The molecule has 0 amide bonds. The average molecular weight is 172 g/mol. The second kappa shape index (κ2) is 3.23. The first-order valence-electron chi connectivity index (χ1n) is 3.91. The van der Waals surface area contributed by atoms with E-state index in [9.17, 15) is 9.59 Å². The van der Waals surface area contributed by atoms with E-state index in [0.717, 1.165) is 0 Å². The van der Waals surface area contributed by atoms with Gasteiger partial charge in [-0.05, 0) is 12.8 Å². The van der Waals surface area contributed by atoms with Crippen molar-refractivity contribution in [3.63, 3.8) is 0 Å². The van der Waals surface area contributed by atoms with Crippen molar-refractivity contribution >= 4 is 11.8 Å². The van der Waals surface area contributed by atoms with Crippen molar-refractivity contribution < 1.29 is 19.4 Å². The molecule has 0 unspecified atom stereocenters. The van der Waals surface area contributed by atoms with Crippen LogP contribution in [0, 0.1) is 0 Å². The highest BCUT2D eigenvalue weighted by atomic mass is 16.5. The standard InChI is InChI=1S/C8H12O4/c1-12-8(7(10)11)4-2-6(9)3-5-8/h2-5H2,1H3,(H,10,11). The first-order chi connectivity index (χ1) is 5.60. The van der Waals surface area contributed by atoms with E-state index in [0.29, 0.717) is 25.7 Å². The minimum atomic E-state index is -1.10. The summed E-state index contributed by atoms with van der Waals surface area (Å²) in [6, 6.07) is 0. The number of methoxy groups -OCH3 is 1. The van der Waals surface area contributed by atoms with Crippen LogP contribution in [0.1, 0.15) is 25.7 Å². The molecule has 0 aromatic heterocycles. The molecule has 0 spiro atoms. The molecule has 0 radical (unpaired) electrons. The molecule has 0 aliphatic heterocycles. The Bertz CT molecular complexity index is 199. The largest absolute Gasteiger partial charge is 0.479 e. The third-order valence-corrected chi connectivity index (χ3v) is 2.40. The van der Waals surface area contributed by atoms with E-state index >= 15 is 0 Å². The zero-order valence-corrected chi connectivity index (χ0v) is 7.00. The number of carbonyl (C=O) groups is 2. The molecule has 4 nitrogen and oxygen atoms in total. The van der Waals surface area contributed by atoms with Gasteiger partial charge in [0, 0.05) is 20.0 Å². The third-order valence-electron chi connectivity index (χ3n) is 2.40. The van der Waals surface area contributed by atoms with Crippen LogP contribution in [0.4, 0.5) is 0 Å². The van der Waals surface area contributed by atoms with Crippen molar-refractivity contribution in [1.29, 1.82) is 0 Å². The molecule has 0 aromatic rings. The maximum Gasteiger partial charge on any atom is 0.335 e. The summed E-state index contributed by atoms with van der Waals surface area (Å²) < 4.78 is 4.94. The number of carbonyl (C=O) groups excluding carboxylic acids is 1. The number of aliphatic carboxylic acids is 1. The molecule has 1 aliphatic rings. The fourth-order valence-electron chi connectivity index (χ4n) is 1.44. The Morgan fingerprint density at radius 1 is 1.50 bits per heavy atom. The molecule has 0 aromatic carbocycles. The topological polar surface area (TPSA) is 63.6 Å². The SMILES string of the molecule is COC1(C(=O)O)CCC(=O)CC1. The maximum absolute atomic E-state index is 10.8. The van der Waals surface area contributed by atoms with Crippen LogP contribution in [-0.4, -0.2) is 29.6 Å². The van der Waals surface area contributed by atoms with Gasteiger partial charge in [0.05, 0.1) is 0 Å². The third kappa shape index (κ3) is 1.48. The highest BCUT2D eigenvalue weighted by Gasteiger charge is 2.41. The van der Waals surface area contributed by atoms with Crippen molar-refractivity contribution in [3.8, 4) is 0 Å². The van der Waals surface area contributed by atoms with E-state index in [1.54, 1.807) is 0 Å². The van der Waals surface area contributed by atoms with Gasteiger partial charge in [-0.2, -0.15) is 0 Å². The summed E-state index contributed by atoms with van der Waals surface area (Å²) >= 11 is 0. The highest BCUT2D eigenvalue weighted by Crippen LogP contribution is 2.29. The van der Waals surface area contributed by atoms with Gasteiger partial charge in [-0.3, -0.25) is 4.79 Å². The van der Waals surface area contributed by atoms with Gasteiger partial charge in [-0.15, -0.1) is 0 Å². The summed E-state index contributed by atoms with van der Waals surface area (Å²) in [5.74, 6) is -0.832. The lowest BCUT2D eigenvalue weighted by molar-refractivity contribution is -0.167. The lowest BCUT2D eigenvalue weighted by Gasteiger charge is -2.30. The second-order valence-corrected chi connectivity index (χ2v) is 3.04. The molecule has 1 rings (SSSR count). The molecule has 1 fully saturated rings. The van der Waals surface area contributed by atoms with Crippen LogP contribution in [0.2, 0.25) is 0 Å². The van der Waals surface area contributed by atoms with Gasteiger partial charge in [0.25, 0.3) is 0 Å². The Kier molecular flexibility index (Phi) is 2.47. The number of Topliss-reactive ketones (excluding diaryl/α,β-unsaturated/α-hetero) is 1. The summed E-state index contributed by atoms with van der Waals surface area (Å²) in [6.07, 6.45) is 1.25. The summed E-state index contributed by atoms with van der Waals surface area (Å²) in [5, 5.41) is 8.84. The fraction of sp³-hybridized carbons (Fsp3) is 0.750. The minimum Gasteiger partial charge on any atom is -0.479 e. The van der Waals surface area contributed by atoms with Crippen LogP contribution in [0.3, 0.4) is 0 Å². The molecule has 1 saturated carbocycles. The molecule has 1 aliphatic carbocycles. The Morgan fingerprint density at radius 3 is 2.33 bits per heavy atom. The van der Waals surface area contributed by atoms with Crippen molar-refractivity contribution in [2.24, 2.45) is 0 Å². The van der Waals surface area contributed by atoms with Gasteiger partial charge in [-0.25, -0.2) is 4.79 Å². The van der Waals surface area contributed by atoms with E-state index in [1.165, 1.54) is 7.11 Å². The molecule has 0 saturated heterocycles. The summed E-state index contributed by atoms with van der Waals surface area (Å²) in [7, 11) is 1.38. The number of hydrogen-bond acceptors (Lipinski definition) is 3. The lowest BCUT2D eigenvalue weighted by atomic mass is 9.84. The summed E-state index contributed by atoms with van der Waals surface area (Å²) in [6.45, 7) is 0. The van der Waals surface area contributed by atoms with Gasteiger partial charge in [-0.1, -0.05) is 0 Å². The van der Waals surface area contributed by atoms with Crippen molar-refractivity contribution in [2.75, 3.05) is 7.11 Å². The van der Waals surface area contributed by atoms with Crippen LogP contribution >= 0.6 is 0 Å². The molecular weight excluding hydrogens is 160 g/mol. The quantitative estimate of drug-likeness (QED) is 0.662. The number of carboxylic acid groups (broad SMARTS) is 1. The fourth-order valence-corrected chi connectivity index (χ4v) is 1.44. The van der Waals surface area contributed by atoms with E-state index in [-0.39, 0.29) is 5.78 Å². The van der Waals surface area contributed by atoms with Gasteiger partial charge >= 0.3 is 5.97 Å². The zero-order chi connectivity index (χ0) is 9.19. The van der Waals surface area contributed by atoms with E-state index in [2.05, 4.69) is 0 Å². The molecule has 0 bridgehead atoms. The molecule has 68 valence electrons. The Hall–Kier alpha value is -0.900. The van der Waals surface area contributed by atoms with E-state index in [4.69, 9.17) is 9.84 Å². The van der Waals surface area contributed by atoms with Crippen LogP contribution < -0.4 is 0 Å². The first-order valence-corrected chi connectivity index (χ1v) is 3.91. The van der Waals surface area contributed by atoms with Gasteiger partial charge in [0.15, 0.2) is 5.60 Å². The average Bonchev–Trinajstić information content (AvgIpc) is 2.06. The molecular formula is C8H12O4. The number of ether oxygens (including phenoxy) is 1. The number of carboxylic acids is 1. The summed E-state index contributed by atoms with van der Waals surface area (Å²) in [5.41, 5.74) is -1.10. The van der Waals surface area contributed by atoms with Crippen LogP contribution in [0.5, 0.6) is 0 Å². The van der Waals surface area contributed by atoms with Crippen LogP contribution in [0.25, 0.3) is 0 Å². The maximum atomic E-state index is 10.8. The Labute approximate surface area is 70.5 Å². The second-order valence-electron chi connectivity index (χ2n) is 3.04. The minimum absolute atomic E-state index is 0.129. The molecule has 0 heterocycles. The van der Waals surface area contributed by atoms with Crippen molar-refractivity contribution in [2.45, 2.75) is 31.3 Å². The highest BCUT2D eigenvalue weighted by molar-refractivity contribution is 5.85. The number of hydrogen-bond donors (Lipinski definition) is 1. The molecule has 1 N–H and O–H groups in total. The van der Waals surface area contributed by atoms with Crippen LogP contribution in [0.15, 0.2) is 0 Å². The molecule has 0 atom stereocenters. The normalized spacial score (nSPS) is 22.2. The Balaban J connectivity index is 2.69. The predicted octanol–water partition coefficient (Wildman–Crippen LogP) is 0.599. The van der Waals surface area contributed by atoms with Gasteiger partial charge < -0.3 is 9.84 Å². The zero-order valence-electron chi connectivity index (χ0n) is 7.00. The van der Waals surface area contributed by atoms with Crippen molar-refractivity contribution in [1.82, 2.24) is 0 Å². The van der Waals surface area contributed by atoms with Gasteiger partial charge in [0.2, 0.25) is 0 Å². The number of ketones is 1. The monoisotopic (exact) mass is 172 g/mol. The smallest absolute Gasteiger partial charge is 0.335 e. The number of rotatable bonds is 2. The molecule has 4 heteroatoms. The van der Waals surface area contributed by atoms with Gasteiger partial charge in [0.1, 0.15) is 5.78 Å². The van der Waals surface area contributed by atoms with Crippen LogP contribution in [-0.2, 0) is 14.3 Å². The Morgan fingerprint density at radius 2 is 2.00 bits per heavy atom. The summed E-state index contributed by atoms with van der Waals surface area (Å²) in [4.78, 5) is 21.6.